The average Bonchev–Trinajstić information content (AvgIpc) is 2.89. The molecular weight excluding hydrogens is 284 g/mol. The molecule has 2 saturated carbocycles. The summed E-state index contributed by atoms with van der Waals surface area (Å²) in [6, 6.07) is -0.0786. The van der Waals surface area contributed by atoms with Crippen LogP contribution in [0.25, 0.3) is 0 Å². The van der Waals surface area contributed by atoms with Crippen molar-refractivity contribution in [3.63, 3.8) is 0 Å². The summed E-state index contributed by atoms with van der Waals surface area (Å²) < 4.78 is 0. The Labute approximate surface area is 131 Å². The third kappa shape index (κ3) is 2.50. The predicted octanol–water partition coefficient (Wildman–Crippen LogP) is 2.54. The molecule has 21 heavy (non-hydrogen) atoms. The van der Waals surface area contributed by atoms with Crippen LogP contribution in [0.1, 0.15) is 64.2 Å². The van der Waals surface area contributed by atoms with Gasteiger partial charge in [0.2, 0.25) is 11.8 Å². The van der Waals surface area contributed by atoms with E-state index in [4.69, 9.17) is 18.0 Å². The van der Waals surface area contributed by atoms with E-state index in [1.165, 1.54) is 12.8 Å². The summed E-state index contributed by atoms with van der Waals surface area (Å²) >= 11 is 5.14. The summed E-state index contributed by atoms with van der Waals surface area (Å²) in [6.07, 6.45) is 9.41. The summed E-state index contributed by atoms with van der Waals surface area (Å²) in [5.41, 5.74) is 5.42. The van der Waals surface area contributed by atoms with Gasteiger partial charge in [-0.2, -0.15) is 0 Å². The van der Waals surface area contributed by atoms with E-state index in [1.54, 1.807) is 4.90 Å². The van der Waals surface area contributed by atoms with Gasteiger partial charge in [-0.05, 0) is 25.7 Å². The number of imide groups is 1. The third-order valence-corrected chi connectivity index (χ3v) is 5.97. The Bertz CT molecular complexity index is 469. The van der Waals surface area contributed by atoms with Crippen LogP contribution in [-0.4, -0.2) is 27.7 Å². The summed E-state index contributed by atoms with van der Waals surface area (Å²) in [7, 11) is 0. The molecule has 1 spiro atoms. The van der Waals surface area contributed by atoms with E-state index in [2.05, 4.69) is 0 Å². The lowest BCUT2D eigenvalue weighted by molar-refractivity contribution is -0.144. The third-order valence-electron chi connectivity index (χ3n) is 5.67. The van der Waals surface area contributed by atoms with Crippen LogP contribution in [0.3, 0.4) is 0 Å². The average molecular weight is 308 g/mol. The van der Waals surface area contributed by atoms with Crippen LogP contribution in [0.5, 0.6) is 0 Å². The lowest BCUT2D eigenvalue weighted by Gasteiger charge is -2.30. The first-order chi connectivity index (χ1) is 10.1. The monoisotopic (exact) mass is 308 g/mol. The Hall–Kier alpha value is -0.970. The highest BCUT2D eigenvalue weighted by Crippen LogP contribution is 2.47. The van der Waals surface area contributed by atoms with Gasteiger partial charge in [0.05, 0.1) is 10.4 Å². The van der Waals surface area contributed by atoms with Crippen LogP contribution in [0, 0.1) is 11.3 Å². The van der Waals surface area contributed by atoms with Crippen molar-refractivity contribution in [1.29, 1.82) is 0 Å². The Balaban J connectivity index is 1.85. The lowest BCUT2D eigenvalue weighted by Crippen LogP contribution is -2.47. The molecule has 5 heteroatoms. The molecular formula is C16H24N2O2S. The van der Waals surface area contributed by atoms with E-state index < -0.39 is 5.41 Å². The number of thiocarbonyl (C=S) groups is 1. The highest BCUT2D eigenvalue weighted by Gasteiger charge is 2.54. The van der Waals surface area contributed by atoms with Crippen molar-refractivity contribution in [2.24, 2.45) is 17.1 Å². The lowest BCUT2D eigenvalue weighted by atomic mass is 9.79. The maximum atomic E-state index is 13.0. The Morgan fingerprint density at radius 2 is 1.76 bits per heavy atom. The van der Waals surface area contributed by atoms with Crippen LogP contribution >= 0.6 is 12.2 Å². The van der Waals surface area contributed by atoms with E-state index in [9.17, 15) is 9.59 Å². The van der Waals surface area contributed by atoms with Crippen molar-refractivity contribution in [3.05, 3.63) is 0 Å². The molecule has 0 aromatic heterocycles. The van der Waals surface area contributed by atoms with E-state index >= 15 is 0 Å². The highest BCUT2D eigenvalue weighted by atomic mass is 32.1. The van der Waals surface area contributed by atoms with Gasteiger partial charge in [-0.25, -0.2) is 0 Å². The first kappa shape index (κ1) is 14.9. The van der Waals surface area contributed by atoms with Crippen molar-refractivity contribution in [3.8, 4) is 0 Å². The molecule has 1 aliphatic heterocycles. The molecule has 3 aliphatic rings. The number of likely N-dealkylation sites (tertiary alicyclic amines) is 1. The second-order valence-electron chi connectivity index (χ2n) is 6.95. The molecule has 3 fully saturated rings. The molecule has 2 aliphatic carbocycles. The van der Waals surface area contributed by atoms with E-state index in [0.29, 0.717) is 11.4 Å². The van der Waals surface area contributed by atoms with Gasteiger partial charge in [-0.3, -0.25) is 14.5 Å². The van der Waals surface area contributed by atoms with Gasteiger partial charge in [-0.15, -0.1) is 0 Å². The van der Waals surface area contributed by atoms with Crippen LogP contribution in [0.4, 0.5) is 0 Å². The molecule has 2 amide bonds. The second kappa shape index (κ2) is 5.67. The minimum Gasteiger partial charge on any atom is -0.393 e. The fraction of sp³-hybridized carbons (Fsp3) is 0.812. The summed E-state index contributed by atoms with van der Waals surface area (Å²) in [6.45, 7) is 0. The second-order valence-corrected chi connectivity index (χ2v) is 7.42. The fourth-order valence-corrected chi connectivity index (χ4v) is 4.81. The van der Waals surface area contributed by atoms with Crippen LogP contribution < -0.4 is 5.73 Å². The van der Waals surface area contributed by atoms with Crippen molar-refractivity contribution in [2.75, 3.05) is 0 Å². The molecule has 116 valence electrons. The summed E-state index contributed by atoms with van der Waals surface area (Å²) in [5, 5.41) is 0. The molecule has 4 nitrogen and oxygen atoms in total. The van der Waals surface area contributed by atoms with Crippen LogP contribution in [-0.2, 0) is 9.59 Å². The van der Waals surface area contributed by atoms with Gasteiger partial charge in [0.25, 0.3) is 0 Å². The van der Waals surface area contributed by atoms with Gasteiger partial charge < -0.3 is 5.73 Å². The number of amides is 2. The number of nitrogens with two attached hydrogens (primary N) is 1. The number of hydrogen-bond acceptors (Lipinski definition) is 3. The van der Waals surface area contributed by atoms with Gasteiger partial charge in [0.1, 0.15) is 0 Å². The van der Waals surface area contributed by atoms with Gasteiger partial charge in [0, 0.05) is 18.4 Å². The normalized spacial score (nSPS) is 32.7. The molecule has 3 rings (SSSR count). The Morgan fingerprint density at radius 3 is 2.38 bits per heavy atom. The predicted molar refractivity (Wildman–Crippen MR) is 84.5 cm³/mol. The molecule has 0 bridgehead atoms. The molecule has 0 aromatic rings. The molecule has 2 N–H and O–H groups in total. The summed E-state index contributed by atoms with van der Waals surface area (Å²) in [5.74, 6) is 0.103. The number of rotatable bonds is 2. The molecule has 0 radical (unpaired) electrons. The van der Waals surface area contributed by atoms with Gasteiger partial charge >= 0.3 is 0 Å². The number of hydrogen-bond donors (Lipinski definition) is 1. The van der Waals surface area contributed by atoms with Crippen LogP contribution in [0.15, 0.2) is 0 Å². The molecule has 0 aromatic carbocycles. The van der Waals surface area contributed by atoms with E-state index in [0.717, 1.165) is 44.9 Å². The SMILES string of the molecule is NC(=S)C1CCCC1N1C(=O)CC2(CCCCCC2)C1=O. The number of carbonyl (C=O) groups excluding carboxylic acids is 2. The van der Waals surface area contributed by atoms with Crippen molar-refractivity contribution in [1.82, 2.24) is 4.90 Å². The maximum Gasteiger partial charge on any atom is 0.236 e. The first-order valence-electron chi connectivity index (χ1n) is 8.21. The largest absolute Gasteiger partial charge is 0.393 e. The molecule has 1 heterocycles. The standard InChI is InChI=1S/C16H24N2O2S/c17-14(21)11-6-5-7-12(11)18-13(19)10-16(15(18)20)8-3-1-2-4-9-16/h11-12H,1-10H2,(H2,17,21). The molecule has 1 saturated heterocycles. The van der Waals surface area contributed by atoms with Gasteiger partial charge in [-0.1, -0.05) is 44.3 Å². The molecule has 2 atom stereocenters. The Kier molecular flexibility index (Phi) is 4.04. The first-order valence-corrected chi connectivity index (χ1v) is 8.62. The minimum absolute atomic E-state index is 0.00931. The van der Waals surface area contributed by atoms with Gasteiger partial charge in [0.15, 0.2) is 0 Å². The van der Waals surface area contributed by atoms with Crippen LogP contribution in [0.2, 0.25) is 0 Å². The smallest absolute Gasteiger partial charge is 0.236 e. The zero-order valence-electron chi connectivity index (χ0n) is 12.5. The Morgan fingerprint density at radius 1 is 1.10 bits per heavy atom. The van der Waals surface area contributed by atoms with Crippen molar-refractivity contribution < 1.29 is 9.59 Å². The zero-order valence-corrected chi connectivity index (χ0v) is 13.3. The molecule has 2 unspecified atom stereocenters. The quantitative estimate of drug-likeness (QED) is 0.629. The topological polar surface area (TPSA) is 63.4 Å². The van der Waals surface area contributed by atoms with Crippen molar-refractivity contribution >= 4 is 29.0 Å². The minimum atomic E-state index is -0.406. The highest BCUT2D eigenvalue weighted by molar-refractivity contribution is 7.80. The fourth-order valence-electron chi connectivity index (χ4n) is 4.53. The van der Waals surface area contributed by atoms with Crippen molar-refractivity contribution in [2.45, 2.75) is 70.3 Å². The number of carbonyl (C=O) groups is 2. The van der Waals surface area contributed by atoms with E-state index in [-0.39, 0.29) is 23.8 Å². The van der Waals surface area contributed by atoms with E-state index in [1.807, 2.05) is 0 Å². The number of nitrogens with zero attached hydrogens (tertiary/aromatic N) is 1. The maximum absolute atomic E-state index is 13.0. The zero-order chi connectivity index (χ0) is 15.0. The summed E-state index contributed by atoms with van der Waals surface area (Å²) in [4.78, 5) is 27.6.